The summed E-state index contributed by atoms with van der Waals surface area (Å²) >= 11 is 1.03. The number of benzene rings is 1. The van der Waals surface area contributed by atoms with Crippen LogP contribution in [-0.4, -0.2) is 81.8 Å². The lowest BCUT2D eigenvalue weighted by atomic mass is 9.92. The second-order valence-corrected chi connectivity index (χ2v) is 10.6. The molecule has 0 radical (unpaired) electrons. The number of aliphatic hydroxyl groups excluding tert-OH is 1. The number of amides is 1. The summed E-state index contributed by atoms with van der Waals surface area (Å²) in [6, 6.07) is 2.76. The van der Waals surface area contributed by atoms with Crippen LogP contribution in [-0.2, 0) is 20.9 Å². The lowest BCUT2D eigenvalue weighted by molar-refractivity contribution is -0.156. The molecular formula is C25H27FN4O7S. The SMILES string of the molecule is CCn1cc(C(=O)OCC2=C(C(=O)O)N3C(=O)[C@H]([C@@H](C)O)[C@H]3S2)c(=O)c2cc(F)c(N3CCNCC3)cc21. The Morgan fingerprint density at radius 1 is 1.26 bits per heavy atom. The lowest BCUT2D eigenvalue weighted by Crippen LogP contribution is -2.60. The van der Waals surface area contributed by atoms with Crippen LogP contribution in [0.5, 0.6) is 0 Å². The van der Waals surface area contributed by atoms with E-state index in [0.29, 0.717) is 43.9 Å². The quantitative estimate of drug-likeness (QED) is 0.339. The Balaban J connectivity index is 1.42. The fourth-order valence-corrected chi connectivity index (χ4v) is 6.64. The fourth-order valence-electron chi connectivity index (χ4n) is 5.12. The van der Waals surface area contributed by atoms with Crippen molar-refractivity contribution in [1.29, 1.82) is 0 Å². The molecule has 2 aromatic rings. The van der Waals surface area contributed by atoms with E-state index >= 15 is 4.39 Å². The molecule has 2 fully saturated rings. The number of ether oxygens (including phenoxy) is 1. The third kappa shape index (κ3) is 4.24. The minimum atomic E-state index is -1.36. The number of anilines is 1. The predicted octanol–water partition coefficient (Wildman–Crippen LogP) is 0.935. The highest BCUT2D eigenvalue weighted by Crippen LogP contribution is 2.50. The molecule has 0 spiro atoms. The largest absolute Gasteiger partial charge is 0.477 e. The first-order valence-corrected chi connectivity index (χ1v) is 13.2. The summed E-state index contributed by atoms with van der Waals surface area (Å²) in [6.45, 7) is 5.87. The van der Waals surface area contributed by atoms with Crippen molar-refractivity contribution in [2.24, 2.45) is 5.92 Å². The van der Waals surface area contributed by atoms with E-state index < -0.39 is 53.1 Å². The fraction of sp³-hybridized carbons (Fsp3) is 0.440. The first-order chi connectivity index (χ1) is 18.1. The number of hydrogen-bond donors (Lipinski definition) is 3. The number of carboxylic acid groups (broad SMARTS) is 1. The Labute approximate surface area is 220 Å². The van der Waals surface area contributed by atoms with Crippen molar-refractivity contribution in [3.63, 3.8) is 0 Å². The van der Waals surface area contributed by atoms with Gasteiger partial charge in [-0.3, -0.25) is 14.5 Å². The van der Waals surface area contributed by atoms with Crippen molar-refractivity contribution in [1.82, 2.24) is 14.8 Å². The summed E-state index contributed by atoms with van der Waals surface area (Å²) in [5, 5.41) is 22.1. The summed E-state index contributed by atoms with van der Waals surface area (Å²) < 4.78 is 22.1. The second-order valence-electron chi connectivity index (χ2n) is 9.35. The van der Waals surface area contributed by atoms with E-state index in [4.69, 9.17) is 4.74 Å². The number of rotatable bonds is 7. The Morgan fingerprint density at radius 2 is 1.97 bits per heavy atom. The van der Waals surface area contributed by atoms with Gasteiger partial charge in [0.2, 0.25) is 11.3 Å². The number of fused-ring (bicyclic) bond motifs is 2. The number of esters is 1. The first kappa shape index (κ1) is 26.2. The summed E-state index contributed by atoms with van der Waals surface area (Å²) in [4.78, 5) is 53.5. The van der Waals surface area contributed by atoms with Gasteiger partial charge in [0.25, 0.3) is 0 Å². The van der Waals surface area contributed by atoms with Crippen molar-refractivity contribution >= 4 is 46.2 Å². The van der Waals surface area contributed by atoms with Crippen LogP contribution in [0.4, 0.5) is 10.1 Å². The Kier molecular flexibility index (Phi) is 6.92. The van der Waals surface area contributed by atoms with Crippen LogP contribution >= 0.6 is 11.8 Å². The van der Waals surface area contributed by atoms with Gasteiger partial charge in [-0.25, -0.2) is 14.0 Å². The van der Waals surface area contributed by atoms with Gasteiger partial charge in [0, 0.05) is 44.3 Å². The molecule has 0 unspecified atom stereocenters. The number of aryl methyl sites for hydroxylation is 1. The molecule has 3 aliphatic heterocycles. The number of aromatic nitrogens is 1. The van der Waals surface area contributed by atoms with Crippen molar-refractivity contribution < 1.29 is 33.7 Å². The van der Waals surface area contributed by atoms with Gasteiger partial charge < -0.3 is 29.7 Å². The van der Waals surface area contributed by atoms with E-state index in [2.05, 4.69) is 5.32 Å². The van der Waals surface area contributed by atoms with Crippen LogP contribution < -0.4 is 15.6 Å². The third-order valence-electron chi connectivity index (χ3n) is 7.08. The van der Waals surface area contributed by atoms with E-state index in [9.17, 15) is 29.4 Å². The summed E-state index contributed by atoms with van der Waals surface area (Å²) in [7, 11) is 0. The number of carboxylic acids is 1. The van der Waals surface area contributed by atoms with Crippen molar-refractivity contribution in [3.05, 3.63) is 50.5 Å². The maximum atomic E-state index is 15.1. The number of carbonyl (C=O) groups excluding carboxylic acids is 2. The highest BCUT2D eigenvalue weighted by molar-refractivity contribution is 8.04. The molecule has 0 aliphatic carbocycles. The molecule has 3 aliphatic rings. The number of hydrogen-bond acceptors (Lipinski definition) is 9. The zero-order chi connectivity index (χ0) is 27.3. The van der Waals surface area contributed by atoms with Crippen molar-refractivity contribution in [2.45, 2.75) is 31.9 Å². The lowest BCUT2D eigenvalue weighted by Gasteiger charge is -2.43. The van der Waals surface area contributed by atoms with Crippen LogP contribution in [0, 0.1) is 11.7 Å². The number of aliphatic carboxylic acids is 1. The number of carbonyl (C=O) groups is 3. The highest BCUT2D eigenvalue weighted by atomic mass is 32.2. The van der Waals surface area contributed by atoms with E-state index in [1.54, 1.807) is 10.6 Å². The van der Waals surface area contributed by atoms with E-state index in [1.165, 1.54) is 13.1 Å². The Hall–Kier alpha value is -3.42. The van der Waals surface area contributed by atoms with E-state index in [0.717, 1.165) is 22.7 Å². The van der Waals surface area contributed by atoms with Crippen molar-refractivity contribution in [3.8, 4) is 0 Å². The van der Waals surface area contributed by atoms with Gasteiger partial charge >= 0.3 is 11.9 Å². The molecule has 13 heteroatoms. The van der Waals surface area contributed by atoms with Crippen LogP contribution in [0.15, 0.2) is 33.7 Å². The van der Waals surface area contributed by atoms with Gasteiger partial charge in [-0.05, 0) is 26.0 Å². The maximum absolute atomic E-state index is 15.1. The molecule has 1 amide bonds. The van der Waals surface area contributed by atoms with Crippen molar-refractivity contribution in [2.75, 3.05) is 37.7 Å². The molecule has 202 valence electrons. The van der Waals surface area contributed by atoms with Crippen LogP contribution in [0.3, 0.4) is 0 Å². The molecule has 4 heterocycles. The minimum Gasteiger partial charge on any atom is -0.477 e. The highest BCUT2D eigenvalue weighted by Gasteiger charge is 2.57. The zero-order valence-corrected chi connectivity index (χ0v) is 21.6. The zero-order valence-electron chi connectivity index (χ0n) is 20.8. The third-order valence-corrected chi connectivity index (χ3v) is 8.42. The van der Waals surface area contributed by atoms with Gasteiger partial charge in [0.15, 0.2) is 0 Å². The standard InChI is InChI=1S/C25H27FN4O7S/c1-3-28-10-14(21(32)13-8-15(26)17(9-16(13)28)29-6-4-27-5-7-29)25(36)37-11-18-20(24(34)35)30-22(33)19(12(2)31)23(30)38-18/h8-10,12,19,23,27,31H,3-7,11H2,1-2H3,(H,34,35)/t12-,19+,23-/m1/s1. The Bertz CT molecular complexity index is 1430. The van der Waals surface area contributed by atoms with Gasteiger partial charge in [-0.15, -0.1) is 0 Å². The molecule has 3 atom stereocenters. The minimum absolute atomic E-state index is 0.0351. The number of aliphatic hydroxyl groups is 1. The molecule has 38 heavy (non-hydrogen) atoms. The molecule has 0 saturated carbocycles. The summed E-state index contributed by atoms with van der Waals surface area (Å²) in [6.07, 6.45) is 0.395. The maximum Gasteiger partial charge on any atom is 0.353 e. The predicted molar refractivity (Wildman–Crippen MR) is 137 cm³/mol. The van der Waals surface area contributed by atoms with Crippen LogP contribution in [0.2, 0.25) is 0 Å². The average Bonchev–Trinajstić information content (AvgIpc) is 3.22. The first-order valence-electron chi connectivity index (χ1n) is 12.3. The average molecular weight is 547 g/mol. The van der Waals surface area contributed by atoms with E-state index in [1.807, 2.05) is 11.8 Å². The van der Waals surface area contributed by atoms with Crippen LogP contribution in [0.1, 0.15) is 24.2 Å². The van der Waals surface area contributed by atoms with E-state index in [-0.39, 0.29) is 21.6 Å². The smallest absolute Gasteiger partial charge is 0.353 e. The number of nitrogens with zero attached hydrogens (tertiary/aromatic N) is 3. The second kappa shape index (κ2) is 10.0. The van der Waals surface area contributed by atoms with Gasteiger partial charge in [0.05, 0.1) is 28.1 Å². The summed E-state index contributed by atoms with van der Waals surface area (Å²) in [5.41, 5.74) is -0.438. The van der Waals surface area contributed by atoms with Gasteiger partial charge in [0.1, 0.15) is 29.1 Å². The molecular weight excluding hydrogens is 519 g/mol. The molecule has 1 aromatic heterocycles. The molecule has 5 rings (SSSR count). The summed E-state index contributed by atoms with van der Waals surface area (Å²) in [5.74, 6) is -4.20. The topological polar surface area (TPSA) is 141 Å². The van der Waals surface area contributed by atoms with Gasteiger partial charge in [-0.2, -0.15) is 0 Å². The number of piperazine rings is 1. The normalized spacial score (nSPS) is 21.9. The monoisotopic (exact) mass is 546 g/mol. The Morgan fingerprint density at radius 3 is 2.61 bits per heavy atom. The van der Waals surface area contributed by atoms with Crippen LogP contribution in [0.25, 0.3) is 10.9 Å². The van der Waals surface area contributed by atoms with Gasteiger partial charge in [-0.1, -0.05) is 11.8 Å². The molecule has 3 N–H and O–H groups in total. The number of pyridine rings is 1. The number of nitrogens with one attached hydrogen (secondary N) is 1. The number of β-lactam (4-membered cyclic amide) rings is 1. The molecule has 0 bridgehead atoms. The molecule has 2 saturated heterocycles. The number of thioether (sulfide) groups is 1. The number of halogens is 1. The molecule has 1 aromatic carbocycles. The molecule has 11 nitrogen and oxygen atoms in total.